The average Bonchev–Trinajstić information content (AvgIpc) is 2.82. The molecule has 0 spiro atoms. The maximum atomic E-state index is 13.1. The number of nitrogens with zero attached hydrogens (tertiary/aromatic N) is 1. The van der Waals surface area contributed by atoms with Gasteiger partial charge in [-0.05, 0) is 39.0 Å². The molecule has 0 radical (unpaired) electrons. The molecule has 1 aromatic carbocycles. The summed E-state index contributed by atoms with van der Waals surface area (Å²) in [5.74, 6) is -1.13. The van der Waals surface area contributed by atoms with Crippen LogP contribution in [0.1, 0.15) is 18.4 Å². The molecule has 24 heavy (non-hydrogen) atoms. The van der Waals surface area contributed by atoms with Crippen LogP contribution < -0.4 is 10.0 Å². The predicted octanol–water partition coefficient (Wildman–Crippen LogP) is 2.39. The Hall–Kier alpha value is -1.97. The van der Waals surface area contributed by atoms with Crippen LogP contribution in [0.25, 0.3) is 0 Å². The molecule has 0 saturated heterocycles. The third kappa shape index (κ3) is 3.92. The standard InChI is InChI=1S/C14H15ClFN3O4S/c1-7-13(9(3)23-18-7)24(21,22)19-8(2)14(20)17-10-4-5-12(16)11(15)6-10/h4-6,8,19H,1-3H3,(H,17,20)/t8-/m1/s1. The zero-order valence-electron chi connectivity index (χ0n) is 13.1. The van der Waals surface area contributed by atoms with E-state index < -0.39 is 27.8 Å². The molecule has 130 valence electrons. The van der Waals surface area contributed by atoms with Crippen LogP contribution >= 0.6 is 11.6 Å². The molecular formula is C14H15ClFN3O4S. The number of hydrogen-bond donors (Lipinski definition) is 2. The van der Waals surface area contributed by atoms with Gasteiger partial charge in [0.2, 0.25) is 15.9 Å². The molecule has 7 nitrogen and oxygen atoms in total. The highest BCUT2D eigenvalue weighted by atomic mass is 35.5. The zero-order chi connectivity index (χ0) is 18.1. The van der Waals surface area contributed by atoms with E-state index in [1.54, 1.807) is 0 Å². The Bertz CT molecular complexity index is 863. The van der Waals surface area contributed by atoms with Crippen LogP contribution in [0.2, 0.25) is 5.02 Å². The molecule has 2 aromatic rings. The second-order valence-corrected chi connectivity index (χ2v) is 7.17. The summed E-state index contributed by atoms with van der Waals surface area (Å²) < 4.78 is 44.8. The Morgan fingerprint density at radius 3 is 2.58 bits per heavy atom. The molecule has 0 saturated carbocycles. The fourth-order valence-corrected chi connectivity index (χ4v) is 3.74. The summed E-state index contributed by atoms with van der Waals surface area (Å²) in [6.45, 7) is 4.31. The van der Waals surface area contributed by atoms with Crippen molar-refractivity contribution in [3.8, 4) is 0 Å². The number of aromatic nitrogens is 1. The van der Waals surface area contributed by atoms with Crippen molar-refractivity contribution in [2.24, 2.45) is 0 Å². The topological polar surface area (TPSA) is 101 Å². The molecule has 2 N–H and O–H groups in total. The predicted molar refractivity (Wildman–Crippen MR) is 85.8 cm³/mol. The number of halogens is 2. The van der Waals surface area contributed by atoms with Gasteiger partial charge < -0.3 is 9.84 Å². The molecule has 0 fully saturated rings. The Morgan fingerprint density at radius 1 is 1.38 bits per heavy atom. The summed E-state index contributed by atoms with van der Waals surface area (Å²) in [4.78, 5) is 12.0. The Labute approximate surface area is 143 Å². The first-order valence-corrected chi connectivity index (χ1v) is 8.69. The van der Waals surface area contributed by atoms with Gasteiger partial charge in [0.25, 0.3) is 0 Å². The van der Waals surface area contributed by atoms with E-state index in [4.69, 9.17) is 16.1 Å². The van der Waals surface area contributed by atoms with Crippen molar-refractivity contribution in [3.63, 3.8) is 0 Å². The first-order valence-electron chi connectivity index (χ1n) is 6.83. The molecule has 1 amide bonds. The van der Waals surface area contributed by atoms with Gasteiger partial charge in [-0.1, -0.05) is 16.8 Å². The second-order valence-electron chi connectivity index (χ2n) is 5.11. The minimum Gasteiger partial charge on any atom is -0.360 e. The number of amides is 1. The average molecular weight is 376 g/mol. The van der Waals surface area contributed by atoms with E-state index in [-0.39, 0.29) is 27.1 Å². The minimum atomic E-state index is -3.98. The van der Waals surface area contributed by atoms with Crippen molar-refractivity contribution in [1.82, 2.24) is 9.88 Å². The quantitative estimate of drug-likeness (QED) is 0.835. The van der Waals surface area contributed by atoms with E-state index in [2.05, 4.69) is 15.2 Å². The van der Waals surface area contributed by atoms with Crippen LogP contribution in [-0.4, -0.2) is 25.5 Å². The van der Waals surface area contributed by atoms with E-state index in [1.165, 1.54) is 32.9 Å². The Morgan fingerprint density at radius 2 is 2.04 bits per heavy atom. The lowest BCUT2D eigenvalue weighted by atomic mass is 10.3. The summed E-state index contributed by atoms with van der Waals surface area (Å²) in [7, 11) is -3.98. The Kier molecular flexibility index (Phi) is 5.26. The van der Waals surface area contributed by atoms with Gasteiger partial charge in [-0.3, -0.25) is 4.79 Å². The van der Waals surface area contributed by atoms with Gasteiger partial charge in [0.1, 0.15) is 16.4 Å². The van der Waals surface area contributed by atoms with Crippen molar-refractivity contribution in [1.29, 1.82) is 0 Å². The largest absolute Gasteiger partial charge is 0.360 e. The van der Waals surface area contributed by atoms with Crippen LogP contribution in [0, 0.1) is 19.7 Å². The maximum Gasteiger partial charge on any atom is 0.246 e. The molecule has 2 rings (SSSR count). The molecular weight excluding hydrogens is 361 g/mol. The van der Waals surface area contributed by atoms with Gasteiger partial charge in [0.15, 0.2) is 5.76 Å². The molecule has 0 aliphatic heterocycles. The number of sulfonamides is 1. The first-order chi connectivity index (χ1) is 11.1. The van der Waals surface area contributed by atoms with Crippen LogP contribution in [0.3, 0.4) is 0 Å². The fraction of sp³-hybridized carbons (Fsp3) is 0.286. The number of carbonyl (C=O) groups excluding carboxylic acids is 1. The molecule has 1 aromatic heterocycles. The normalized spacial score (nSPS) is 12.9. The van der Waals surface area contributed by atoms with E-state index >= 15 is 0 Å². The molecule has 0 unspecified atom stereocenters. The molecule has 1 heterocycles. The summed E-state index contributed by atoms with van der Waals surface area (Å²) >= 11 is 5.63. The van der Waals surface area contributed by atoms with Crippen molar-refractivity contribution >= 4 is 33.2 Å². The lowest BCUT2D eigenvalue weighted by Gasteiger charge is -2.14. The third-order valence-corrected chi connectivity index (χ3v) is 5.22. The van der Waals surface area contributed by atoms with Gasteiger partial charge in [-0.15, -0.1) is 0 Å². The van der Waals surface area contributed by atoms with E-state index in [0.29, 0.717) is 0 Å². The number of carbonyl (C=O) groups is 1. The molecule has 0 bridgehead atoms. The van der Waals surface area contributed by atoms with Gasteiger partial charge in [-0.25, -0.2) is 12.8 Å². The van der Waals surface area contributed by atoms with E-state index in [1.807, 2.05) is 0 Å². The molecule has 1 atom stereocenters. The first kappa shape index (κ1) is 18.4. The van der Waals surface area contributed by atoms with E-state index in [9.17, 15) is 17.6 Å². The molecule has 10 heteroatoms. The minimum absolute atomic E-state index is 0.105. The summed E-state index contributed by atoms with van der Waals surface area (Å²) in [6.07, 6.45) is 0. The van der Waals surface area contributed by atoms with Gasteiger partial charge in [0.05, 0.1) is 11.1 Å². The summed E-state index contributed by atoms with van der Waals surface area (Å²) in [6, 6.07) is 2.54. The third-order valence-electron chi connectivity index (χ3n) is 3.15. The van der Waals surface area contributed by atoms with Crippen molar-refractivity contribution in [3.05, 3.63) is 40.5 Å². The van der Waals surface area contributed by atoms with Gasteiger partial charge in [0, 0.05) is 5.69 Å². The number of hydrogen-bond acceptors (Lipinski definition) is 5. The van der Waals surface area contributed by atoms with Crippen LogP contribution in [0.4, 0.5) is 10.1 Å². The van der Waals surface area contributed by atoms with Crippen molar-refractivity contribution in [2.75, 3.05) is 5.32 Å². The summed E-state index contributed by atoms with van der Waals surface area (Å²) in [5.41, 5.74) is 0.438. The lowest BCUT2D eigenvalue weighted by molar-refractivity contribution is -0.117. The van der Waals surface area contributed by atoms with Crippen LogP contribution in [-0.2, 0) is 14.8 Å². The maximum absolute atomic E-state index is 13.1. The van der Waals surface area contributed by atoms with Crippen LogP contribution in [0.5, 0.6) is 0 Å². The number of benzene rings is 1. The smallest absolute Gasteiger partial charge is 0.246 e. The number of nitrogens with one attached hydrogen (secondary N) is 2. The summed E-state index contributed by atoms with van der Waals surface area (Å²) in [5, 5.41) is 5.87. The second kappa shape index (κ2) is 6.88. The van der Waals surface area contributed by atoms with Crippen molar-refractivity contribution < 1.29 is 22.1 Å². The van der Waals surface area contributed by atoms with Gasteiger partial charge >= 0.3 is 0 Å². The highest BCUT2D eigenvalue weighted by molar-refractivity contribution is 7.89. The molecule has 0 aliphatic rings. The Balaban J connectivity index is 2.12. The highest BCUT2D eigenvalue weighted by Gasteiger charge is 2.28. The zero-order valence-corrected chi connectivity index (χ0v) is 14.6. The van der Waals surface area contributed by atoms with Crippen LogP contribution in [0.15, 0.2) is 27.6 Å². The van der Waals surface area contributed by atoms with Crippen molar-refractivity contribution in [2.45, 2.75) is 31.7 Å². The number of anilines is 1. The SMILES string of the molecule is Cc1noc(C)c1S(=O)(=O)N[C@H](C)C(=O)Nc1ccc(F)c(Cl)c1. The van der Waals surface area contributed by atoms with E-state index in [0.717, 1.165) is 6.07 Å². The monoisotopic (exact) mass is 375 g/mol. The molecule has 0 aliphatic carbocycles. The van der Waals surface area contributed by atoms with Gasteiger partial charge in [-0.2, -0.15) is 4.72 Å². The fourth-order valence-electron chi connectivity index (χ4n) is 2.03. The lowest BCUT2D eigenvalue weighted by Crippen LogP contribution is -2.41. The number of rotatable bonds is 5. The number of aryl methyl sites for hydroxylation is 2. The highest BCUT2D eigenvalue weighted by Crippen LogP contribution is 2.21.